The Morgan fingerprint density at radius 2 is 1.90 bits per heavy atom. The van der Waals surface area contributed by atoms with Gasteiger partial charge in [0.25, 0.3) is 5.56 Å². The van der Waals surface area contributed by atoms with E-state index in [1.54, 1.807) is 43.7 Å². The van der Waals surface area contributed by atoms with E-state index in [4.69, 9.17) is 18.9 Å². The molecule has 0 radical (unpaired) electrons. The molecular weight excluding hydrogens is 770 g/mol. The van der Waals surface area contributed by atoms with E-state index in [1.807, 2.05) is 38.1 Å². The molecule has 0 saturated carbocycles. The number of fused-ring (bicyclic) bond motifs is 1. The number of carbonyl (C=O) groups excluding carboxylic acids is 1. The highest BCUT2D eigenvalue weighted by atomic mass is 127. The number of ether oxygens (including phenoxy) is 4. The Bertz CT molecular complexity index is 1680. The van der Waals surface area contributed by atoms with Crippen LogP contribution in [0.5, 0.6) is 17.2 Å². The first-order valence-corrected chi connectivity index (χ1v) is 15.8. The third-order valence-electron chi connectivity index (χ3n) is 6.05. The maximum absolute atomic E-state index is 14.0. The summed E-state index contributed by atoms with van der Waals surface area (Å²) < 4.78 is 26.6. The lowest BCUT2D eigenvalue weighted by Gasteiger charge is -2.25. The Kier molecular flexibility index (Phi) is 10.3. The molecule has 0 unspecified atom stereocenters. The summed E-state index contributed by atoms with van der Waals surface area (Å²) >= 11 is 5.72. The van der Waals surface area contributed by atoms with Crippen molar-refractivity contribution < 1.29 is 23.7 Å². The van der Waals surface area contributed by atoms with Crippen molar-refractivity contribution in [1.82, 2.24) is 4.57 Å². The van der Waals surface area contributed by atoms with Crippen molar-refractivity contribution in [3.63, 3.8) is 0 Å². The number of carbonyl (C=O) groups is 1. The van der Waals surface area contributed by atoms with Crippen LogP contribution in [0.15, 0.2) is 64.0 Å². The number of hydrogen-bond donors (Lipinski definition) is 0. The average molecular weight is 800 g/mol. The summed E-state index contributed by atoms with van der Waals surface area (Å²) in [6.45, 7) is 11.7. The number of halogens is 2. The second kappa shape index (κ2) is 13.6. The minimum absolute atomic E-state index is 0.0570. The first-order chi connectivity index (χ1) is 19.6. The molecule has 41 heavy (non-hydrogen) atoms. The van der Waals surface area contributed by atoms with Crippen molar-refractivity contribution >= 4 is 68.6 Å². The molecule has 1 aromatic heterocycles. The summed E-state index contributed by atoms with van der Waals surface area (Å²) in [5.41, 5.74) is 2.07. The van der Waals surface area contributed by atoms with Crippen LogP contribution in [0.25, 0.3) is 6.08 Å². The van der Waals surface area contributed by atoms with E-state index in [9.17, 15) is 9.59 Å². The van der Waals surface area contributed by atoms with E-state index < -0.39 is 12.0 Å². The Morgan fingerprint density at radius 1 is 1.20 bits per heavy atom. The van der Waals surface area contributed by atoms with Gasteiger partial charge in [-0.25, -0.2) is 9.79 Å². The lowest BCUT2D eigenvalue weighted by atomic mass is 9.95. The van der Waals surface area contributed by atoms with Crippen molar-refractivity contribution in [2.45, 2.75) is 39.8 Å². The lowest BCUT2D eigenvalue weighted by Crippen LogP contribution is -2.40. The number of nitrogens with zero attached hydrogens (tertiary/aromatic N) is 2. The van der Waals surface area contributed by atoms with Gasteiger partial charge in [-0.05, 0) is 114 Å². The molecule has 216 valence electrons. The van der Waals surface area contributed by atoms with Gasteiger partial charge in [-0.2, -0.15) is 0 Å². The van der Waals surface area contributed by atoms with Crippen molar-refractivity contribution in [3.8, 4) is 17.2 Å². The molecule has 1 atom stereocenters. The summed E-state index contributed by atoms with van der Waals surface area (Å²) in [6.07, 6.45) is 3.48. The van der Waals surface area contributed by atoms with Crippen LogP contribution in [0.4, 0.5) is 0 Å². The third kappa shape index (κ3) is 6.72. The highest BCUT2D eigenvalue weighted by molar-refractivity contribution is 14.1. The fraction of sp³-hybridized carbons (Fsp3) is 0.300. The van der Waals surface area contributed by atoms with E-state index in [0.29, 0.717) is 44.3 Å². The Hall–Kier alpha value is -2.65. The predicted molar refractivity (Wildman–Crippen MR) is 177 cm³/mol. The van der Waals surface area contributed by atoms with Gasteiger partial charge in [0.2, 0.25) is 0 Å². The van der Waals surface area contributed by atoms with E-state index in [2.05, 4.69) is 56.8 Å². The topological polar surface area (TPSA) is 88.3 Å². The molecule has 2 aromatic carbocycles. The molecule has 0 spiro atoms. The zero-order chi connectivity index (χ0) is 29.8. The van der Waals surface area contributed by atoms with Gasteiger partial charge < -0.3 is 18.9 Å². The molecule has 0 N–H and O–H groups in total. The normalized spacial score (nSPS) is 14.9. The lowest BCUT2D eigenvalue weighted by molar-refractivity contribution is -0.139. The fourth-order valence-electron chi connectivity index (χ4n) is 4.41. The smallest absolute Gasteiger partial charge is 0.338 e. The predicted octanol–water partition coefficient (Wildman–Crippen LogP) is 5.37. The molecule has 0 saturated heterocycles. The van der Waals surface area contributed by atoms with Gasteiger partial charge in [0.1, 0.15) is 12.4 Å². The average Bonchev–Trinajstić information content (AvgIpc) is 3.21. The number of esters is 1. The van der Waals surface area contributed by atoms with E-state index in [-0.39, 0.29) is 18.3 Å². The van der Waals surface area contributed by atoms with Gasteiger partial charge in [-0.3, -0.25) is 9.36 Å². The molecule has 2 heterocycles. The van der Waals surface area contributed by atoms with Crippen molar-refractivity contribution in [2.24, 2.45) is 4.99 Å². The zero-order valence-corrected chi connectivity index (χ0v) is 28.5. The van der Waals surface area contributed by atoms with Gasteiger partial charge >= 0.3 is 5.97 Å². The van der Waals surface area contributed by atoms with Gasteiger partial charge in [0.05, 0.1) is 48.8 Å². The number of rotatable bonds is 10. The highest BCUT2D eigenvalue weighted by Gasteiger charge is 2.34. The van der Waals surface area contributed by atoms with Gasteiger partial charge in [-0.15, -0.1) is 0 Å². The summed E-state index contributed by atoms with van der Waals surface area (Å²) in [5.74, 6) is 1.33. The number of thiazole rings is 1. The van der Waals surface area contributed by atoms with Crippen LogP contribution < -0.4 is 29.1 Å². The maximum Gasteiger partial charge on any atom is 0.338 e. The maximum atomic E-state index is 14.0. The van der Waals surface area contributed by atoms with E-state index in [0.717, 1.165) is 18.5 Å². The van der Waals surface area contributed by atoms with Gasteiger partial charge in [0.15, 0.2) is 16.3 Å². The highest BCUT2D eigenvalue weighted by Crippen LogP contribution is 2.36. The van der Waals surface area contributed by atoms with Crippen molar-refractivity contribution in [2.75, 3.05) is 20.3 Å². The zero-order valence-electron chi connectivity index (χ0n) is 23.3. The van der Waals surface area contributed by atoms with Gasteiger partial charge in [0, 0.05) is 0 Å². The Balaban J connectivity index is 1.91. The minimum atomic E-state index is -0.760. The van der Waals surface area contributed by atoms with Crippen LogP contribution in [-0.2, 0) is 9.53 Å². The van der Waals surface area contributed by atoms with Crippen molar-refractivity contribution in [1.29, 1.82) is 0 Å². The van der Waals surface area contributed by atoms with Crippen LogP contribution in [0, 0.1) is 7.14 Å². The standard InChI is InChI=1S/C30H30I2N2O6S/c1-7-11-39-27-20(31)12-18(13-21(27)32)14-24-28(35)34-26(19-9-10-22(40-16(3)4)23(15-19)37-6)25(29(36)38-8-2)17(5)33-30(34)41-24/h7,9-10,12-16,26H,1,8,11H2,2-6H3/b24-14-/t26-/m0/s1. The molecule has 11 heteroatoms. The molecule has 0 aliphatic carbocycles. The molecule has 0 fully saturated rings. The Morgan fingerprint density at radius 3 is 2.51 bits per heavy atom. The van der Waals surface area contributed by atoms with Crippen LogP contribution in [0.2, 0.25) is 0 Å². The van der Waals surface area contributed by atoms with Crippen LogP contribution in [-0.4, -0.2) is 37.0 Å². The number of methoxy groups -OCH3 is 1. The number of allylic oxidation sites excluding steroid dienone is 1. The molecular formula is C30H30I2N2O6S. The van der Waals surface area contributed by atoms with E-state index >= 15 is 0 Å². The third-order valence-corrected chi connectivity index (χ3v) is 8.63. The summed E-state index contributed by atoms with van der Waals surface area (Å²) in [6, 6.07) is 8.60. The van der Waals surface area contributed by atoms with Crippen LogP contribution in [0.1, 0.15) is 44.9 Å². The monoisotopic (exact) mass is 800 g/mol. The minimum Gasteiger partial charge on any atom is -0.493 e. The molecule has 4 rings (SSSR count). The number of hydrogen-bond acceptors (Lipinski definition) is 8. The van der Waals surface area contributed by atoms with Crippen LogP contribution >= 0.6 is 56.5 Å². The SMILES string of the molecule is C=CCOc1c(I)cc(/C=c2\sc3n(c2=O)[C@@H](c2ccc(OC(C)C)c(OC)c2)C(C(=O)OCC)=C(C)N=3)cc1I. The molecule has 1 aliphatic rings. The second-order valence-electron chi connectivity index (χ2n) is 9.29. The first kappa shape index (κ1) is 31.3. The van der Waals surface area contributed by atoms with E-state index in [1.165, 1.54) is 11.3 Å². The second-order valence-corrected chi connectivity index (χ2v) is 12.6. The number of aromatic nitrogens is 1. The molecule has 1 aliphatic heterocycles. The van der Waals surface area contributed by atoms with Crippen LogP contribution in [0.3, 0.4) is 0 Å². The molecule has 0 amide bonds. The molecule has 3 aromatic rings. The Labute approximate surface area is 269 Å². The molecule has 8 nitrogen and oxygen atoms in total. The summed E-state index contributed by atoms with van der Waals surface area (Å²) in [7, 11) is 1.56. The van der Waals surface area contributed by atoms with Gasteiger partial charge in [-0.1, -0.05) is 30.1 Å². The van der Waals surface area contributed by atoms with Crippen molar-refractivity contribution in [3.05, 3.63) is 92.2 Å². The quantitative estimate of drug-likeness (QED) is 0.156. The first-order valence-electron chi connectivity index (χ1n) is 12.9. The molecule has 0 bridgehead atoms. The number of benzene rings is 2. The largest absolute Gasteiger partial charge is 0.493 e. The summed E-state index contributed by atoms with van der Waals surface area (Å²) in [5, 5.41) is 0. The fourth-order valence-corrected chi connectivity index (χ4v) is 7.58. The summed E-state index contributed by atoms with van der Waals surface area (Å²) in [4.78, 5) is 32.4.